The van der Waals surface area contributed by atoms with Gasteiger partial charge in [0, 0.05) is 41.4 Å². The highest BCUT2D eigenvalue weighted by molar-refractivity contribution is 7.85. The van der Waals surface area contributed by atoms with Crippen LogP contribution in [0.1, 0.15) is 91.0 Å². The van der Waals surface area contributed by atoms with Gasteiger partial charge in [0.15, 0.2) is 0 Å². The van der Waals surface area contributed by atoms with Gasteiger partial charge in [-0.25, -0.2) is 4.58 Å². The summed E-state index contributed by atoms with van der Waals surface area (Å²) in [6.07, 6.45) is 8.21. The zero-order valence-electron chi connectivity index (χ0n) is 27.6. The summed E-state index contributed by atoms with van der Waals surface area (Å²) in [6, 6.07) is 13.2. The van der Waals surface area contributed by atoms with Gasteiger partial charge in [0.1, 0.15) is 24.6 Å². The fourth-order valence-corrected chi connectivity index (χ4v) is 6.70. The highest BCUT2D eigenvalue weighted by Crippen LogP contribution is 2.48. The van der Waals surface area contributed by atoms with Gasteiger partial charge in [-0.15, -0.1) is 0 Å². The van der Waals surface area contributed by atoms with Gasteiger partial charge in [0.05, 0.1) is 11.0 Å². The molecule has 0 unspecified atom stereocenters. The van der Waals surface area contributed by atoms with Crippen molar-refractivity contribution in [1.82, 2.24) is 4.58 Å². The normalized spacial score (nSPS) is 15.7. The first-order chi connectivity index (χ1) is 21.1. The number of fused-ring (bicyclic) bond motifs is 2. The van der Waals surface area contributed by atoms with Crippen molar-refractivity contribution in [2.24, 2.45) is 0 Å². The minimum atomic E-state index is -4.36. The Hall–Kier alpha value is -3.69. The van der Waals surface area contributed by atoms with E-state index in [9.17, 15) is 17.8 Å². The number of allylic oxidation sites excluding steroid dienone is 3. The fraction of sp³-hybridized carbons (Fsp3) is 0.444. The third kappa shape index (κ3) is 7.59. The predicted molar refractivity (Wildman–Crippen MR) is 180 cm³/mol. The molecule has 0 spiro atoms. The van der Waals surface area contributed by atoms with Crippen LogP contribution in [0.25, 0.3) is 17.4 Å². The first-order valence-electron chi connectivity index (χ1n) is 15.7. The molecule has 1 aromatic carbocycles. The molecule has 2 aliphatic heterocycles. The van der Waals surface area contributed by atoms with Gasteiger partial charge in [0.2, 0.25) is 5.36 Å². The van der Waals surface area contributed by atoms with Gasteiger partial charge < -0.3 is 14.4 Å². The summed E-state index contributed by atoms with van der Waals surface area (Å²) in [6.45, 7) is 17.4. The Morgan fingerprint density at radius 3 is 2.36 bits per heavy atom. The molecule has 242 valence electrons. The van der Waals surface area contributed by atoms with E-state index in [0.717, 1.165) is 65.3 Å². The molecule has 1 aliphatic carbocycles. The maximum atomic E-state index is 12.0. The lowest BCUT2D eigenvalue weighted by atomic mass is 9.82. The molecule has 3 aliphatic rings. The van der Waals surface area contributed by atoms with Gasteiger partial charge in [0.25, 0.3) is 10.1 Å². The Labute approximate surface area is 267 Å². The number of nitrogens with zero attached hydrogens (tertiary/aromatic N) is 2. The zero-order chi connectivity index (χ0) is 33.2. The van der Waals surface area contributed by atoms with E-state index in [1.807, 2.05) is 32.1 Å². The Morgan fingerprint density at radius 2 is 1.73 bits per heavy atom. The summed E-state index contributed by atoms with van der Waals surface area (Å²) < 4.78 is 42.4. The van der Waals surface area contributed by atoms with Crippen LogP contribution in [0.3, 0.4) is 0 Å². The number of aliphatic carboxylic acids is 1. The topological polar surface area (TPSA) is 111 Å². The van der Waals surface area contributed by atoms with Crippen molar-refractivity contribution < 1.29 is 27.3 Å². The third-order valence-corrected chi connectivity index (χ3v) is 9.50. The molecule has 45 heavy (non-hydrogen) atoms. The van der Waals surface area contributed by atoms with Crippen molar-refractivity contribution in [3.63, 3.8) is 0 Å². The van der Waals surface area contributed by atoms with Crippen LogP contribution in [-0.4, -0.2) is 43.7 Å². The number of hydrogen-bond donors (Lipinski definition) is 2. The summed E-state index contributed by atoms with van der Waals surface area (Å²) in [5.41, 5.74) is 4.26. The molecular formula is C36H47N2O6S+. The predicted octanol–water partition coefficient (Wildman–Crippen LogP) is 7.08. The lowest BCUT2D eigenvalue weighted by Crippen LogP contribution is -2.29. The second-order valence-corrected chi connectivity index (χ2v) is 14.6. The van der Waals surface area contributed by atoms with Gasteiger partial charge in [-0.3, -0.25) is 9.35 Å². The second-order valence-electron chi connectivity index (χ2n) is 13.2. The SMILES string of the molecule is CC[N+](CC)=c1ccc2c(C(C)(C)C)cc(C=CC=C3N(CCCCCC(=O)O)c4ccc(S(=O)(=O)O)cc4C3(C)C)oc-2c1. The van der Waals surface area contributed by atoms with Crippen molar-refractivity contribution in [3.8, 4) is 11.3 Å². The zero-order valence-corrected chi connectivity index (χ0v) is 28.4. The molecule has 0 saturated heterocycles. The van der Waals surface area contributed by atoms with E-state index in [0.29, 0.717) is 13.0 Å². The van der Waals surface area contributed by atoms with Gasteiger partial charge in [-0.1, -0.05) is 47.1 Å². The molecule has 0 radical (unpaired) electrons. The lowest BCUT2D eigenvalue weighted by molar-refractivity contribution is -0.137. The highest BCUT2D eigenvalue weighted by atomic mass is 32.2. The number of rotatable bonds is 11. The second kappa shape index (κ2) is 13.3. The molecular weight excluding hydrogens is 588 g/mol. The van der Waals surface area contributed by atoms with Crippen molar-refractivity contribution >= 4 is 27.9 Å². The first-order valence-corrected chi connectivity index (χ1v) is 17.2. The van der Waals surface area contributed by atoms with E-state index in [4.69, 9.17) is 9.52 Å². The Kier molecular flexibility index (Phi) is 10.1. The molecule has 4 rings (SSSR count). The molecule has 0 bridgehead atoms. The minimum Gasteiger partial charge on any atom is -0.481 e. The van der Waals surface area contributed by atoms with Crippen LogP contribution >= 0.6 is 0 Å². The molecule has 2 N–H and O–H groups in total. The highest BCUT2D eigenvalue weighted by Gasteiger charge is 2.40. The number of benzene rings is 2. The summed E-state index contributed by atoms with van der Waals surface area (Å²) in [5.74, 6) is 0.751. The fourth-order valence-electron chi connectivity index (χ4n) is 6.20. The van der Waals surface area contributed by atoms with Crippen molar-refractivity contribution in [3.05, 3.63) is 82.6 Å². The maximum Gasteiger partial charge on any atom is 0.303 e. The first kappa shape index (κ1) is 34.2. The average Bonchev–Trinajstić information content (AvgIpc) is 3.17. The third-order valence-electron chi connectivity index (χ3n) is 8.65. The number of anilines is 1. The summed E-state index contributed by atoms with van der Waals surface area (Å²) >= 11 is 0. The molecule has 0 saturated carbocycles. The number of unbranched alkanes of at least 4 members (excludes halogenated alkanes) is 2. The molecule has 0 aromatic heterocycles. The molecule has 1 aromatic rings. The molecule has 0 amide bonds. The van der Waals surface area contributed by atoms with Gasteiger partial charge in [-0.05, 0) is 85.7 Å². The van der Waals surface area contributed by atoms with Crippen molar-refractivity contribution in [1.29, 1.82) is 0 Å². The number of carboxylic acid groups (broad SMARTS) is 1. The minimum absolute atomic E-state index is 0.107. The van der Waals surface area contributed by atoms with Crippen LogP contribution in [0, 0.1) is 0 Å². The molecule has 2 heterocycles. The summed E-state index contributed by atoms with van der Waals surface area (Å²) in [7, 11) is -4.36. The monoisotopic (exact) mass is 635 g/mol. The average molecular weight is 636 g/mol. The van der Waals surface area contributed by atoms with Gasteiger partial charge in [-0.2, -0.15) is 8.42 Å². The van der Waals surface area contributed by atoms with Crippen LogP contribution in [-0.2, 0) is 25.7 Å². The van der Waals surface area contributed by atoms with Crippen LogP contribution in [0.4, 0.5) is 5.69 Å². The molecule has 8 nitrogen and oxygen atoms in total. The van der Waals surface area contributed by atoms with E-state index in [-0.39, 0.29) is 16.7 Å². The molecule has 0 fully saturated rings. The number of hydrogen-bond acceptors (Lipinski definition) is 5. The van der Waals surface area contributed by atoms with Crippen molar-refractivity contribution in [2.45, 2.75) is 89.9 Å². The lowest BCUT2D eigenvalue weighted by Gasteiger charge is -2.27. The Balaban J connectivity index is 1.77. The van der Waals surface area contributed by atoms with Crippen LogP contribution in [0.2, 0.25) is 0 Å². The quantitative estimate of drug-likeness (QED) is 0.132. The van der Waals surface area contributed by atoms with Crippen molar-refractivity contribution in [2.75, 3.05) is 24.5 Å². The van der Waals surface area contributed by atoms with E-state index < -0.39 is 21.5 Å². The maximum absolute atomic E-state index is 12.0. The van der Waals surface area contributed by atoms with Crippen LogP contribution in [0.15, 0.2) is 69.6 Å². The van der Waals surface area contributed by atoms with Gasteiger partial charge >= 0.3 is 5.97 Å². The molecule has 9 heteroatoms. The van der Waals surface area contributed by atoms with E-state index in [2.05, 4.69) is 68.4 Å². The Morgan fingerprint density at radius 1 is 1.02 bits per heavy atom. The summed E-state index contributed by atoms with van der Waals surface area (Å²) in [4.78, 5) is 13.0. The Bertz CT molecular complexity index is 1770. The number of carboxylic acids is 1. The standard InChI is InChI=1S/C36H46N2O6S/c1-8-37(9-2)25-17-19-28-29(35(3,4)5)23-26(44-32(28)22-25)14-13-15-33-36(6,7)30-24-27(45(41,42)43)18-20-31(30)38(33)21-12-10-11-16-34(39)40/h13-15,17-20,22-24H,8-12,16,21H2,1-7H3,(H-,39,40,41,42,43)/p+1. The van der Waals surface area contributed by atoms with Crippen LogP contribution < -0.4 is 14.8 Å². The van der Waals surface area contributed by atoms with E-state index in [1.54, 1.807) is 12.1 Å². The largest absolute Gasteiger partial charge is 0.481 e. The van der Waals surface area contributed by atoms with E-state index >= 15 is 0 Å². The number of carbonyl (C=O) groups is 1. The molecule has 0 atom stereocenters. The smallest absolute Gasteiger partial charge is 0.303 e. The van der Waals surface area contributed by atoms with E-state index in [1.165, 1.54) is 11.6 Å². The van der Waals surface area contributed by atoms with Crippen LogP contribution in [0.5, 0.6) is 0 Å². The summed E-state index contributed by atoms with van der Waals surface area (Å²) in [5, 5.41) is 10.1.